The zero-order valence-corrected chi connectivity index (χ0v) is 10.6. The first-order chi connectivity index (χ1) is 7.50. The summed E-state index contributed by atoms with van der Waals surface area (Å²) in [5, 5.41) is 3.14. The van der Waals surface area contributed by atoms with Gasteiger partial charge in [0.05, 0.1) is 12.3 Å². The van der Waals surface area contributed by atoms with E-state index in [1.54, 1.807) is 18.0 Å². The van der Waals surface area contributed by atoms with Crippen LogP contribution in [0.4, 0.5) is 0 Å². The normalized spacial score (nSPS) is 13.0. The summed E-state index contributed by atoms with van der Waals surface area (Å²) in [6.45, 7) is 5.88. The lowest BCUT2D eigenvalue weighted by molar-refractivity contribution is -0.119. The molecule has 1 aromatic rings. The van der Waals surface area contributed by atoms with Crippen molar-refractivity contribution in [3.05, 3.63) is 18.1 Å². The summed E-state index contributed by atoms with van der Waals surface area (Å²) in [5.41, 5.74) is 5.32. The fourth-order valence-corrected chi connectivity index (χ4v) is 2.32. The van der Waals surface area contributed by atoms with Gasteiger partial charge in [0.1, 0.15) is 5.76 Å². The number of nitrogens with two attached hydrogens (primary N) is 1. The summed E-state index contributed by atoms with van der Waals surface area (Å²) in [6.07, 6.45) is 1.65. The molecule has 4 nitrogen and oxygen atoms in total. The van der Waals surface area contributed by atoms with Gasteiger partial charge in [-0.15, -0.1) is 11.8 Å². The molecule has 16 heavy (non-hydrogen) atoms. The standard InChI is InChI=1S/C11H18N2O2S/c1-7(2)13-9(11(12)14)6-16-10-4-5-15-8(10)3/h4-5,7,9,13H,6H2,1-3H3,(H2,12,14). The highest BCUT2D eigenvalue weighted by Gasteiger charge is 2.17. The fourth-order valence-electron chi connectivity index (χ4n) is 1.31. The average molecular weight is 242 g/mol. The molecule has 1 amide bonds. The average Bonchev–Trinajstić information content (AvgIpc) is 2.57. The van der Waals surface area contributed by atoms with Crippen molar-refractivity contribution in [3.8, 4) is 0 Å². The minimum Gasteiger partial charge on any atom is -0.468 e. The minimum atomic E-state index is -0.317. The van der Waals surface area contributed by atoms with Gasteiger partial charge in [-0.05, 0) is 13.0 Å². The maximum atomic E-state index is 11.2. The molecule has 0 aliphatic carbocycles. The van der Waals surface area contributed by atoms with Crippen LogP contribution in [-0.2, 0) is 4.79 Å². The number of thioether (sulfide) groups is 1. The fraction of sp³-hybridized carbons (Fsp3) is 0.545. The molecule has 0 aliphatic rings. The lowest BCUT2D eigenvalue weighted by Crippen LogP contribution is -2.46. The lowest BCUT2D eigenvalue weighted by atomic mass is 10.3. The van der Waals surface area contributed by atoms with Crippen LogP contribution in [0.2, 0.25) is 0 Å². The molecule has 0 radical (unpaired) electrons. The summed E-state index contributed by atoms with van der Waals surface area (Å²) < 4.78 is 5.18. The van der Waals surface area contributed by atoms with Crippen molar-refractivity contribution >= 4 is 17.7 Å². The molecule has 1 heterocycles. The maximum absolute atomic E-state index is 11.2. The van der Waals surface area contributed by atoms with Crippen molar-refractivity contribution in [1.29, 1.82) is 0 Å². The van der Waals surface area contributed by atoms with E-state index in [-0.39, 0.29) is 18.0 Å². The van der Waals surface area contributed by atoms with Gasteiger partial charge >= 0.3 is 0 Å². The summed E-state index contributed by atoms with van der Waals surface area (Å²) in [7, 11) is 0. The molecule has 0 saturated carbocycles. The lowest BCUT2D eigenvalue weighted by Gasteiger charge is -2.17. The Morgan fingerprint density at radius 1 is 1.62 bits per heavy atom. The largest absolute Gasteiger partial charge is 0.468 e. The Bertz CT molecular complexity index is 350. The van der Waals surface area contributed by atoms with Crippen LogP contribution in [0.3, 0.4) is 0 Å². The van der Waals surface area contributed by atoms with E-state index >= 15 is 0 Å². The molecule has 1 unspecified atom stereocenters. The second-order valence-electron chi connectivity index (χ2n) is 3.93. The van der Waals surface area contributed by atoms with Crippen molar-refractivity contribution in [2.75, 3.05) is 5.75 Å². The second kappa shape index (κ2) is 5.96. The first-order valence-electron chi connectivity index (χ1n) is 5.23. The SMILES string of the molecule is Cc1occc1SCC(NC(C)C)C(N)=O. The van der Waals surface area contributed by atoms with Gasteiger partial charge in [-0.2, -0.15) is 0 Å². The molecule has 90 valence electrons. The van der Waals surface area contributed by atoms with E-state index in [1.807, 2.05) is 26.8 Å². The monoisotopic (exact) mass is 242 g/mol. The van der Waals surface area contributed by atoms with E-state index in [0.717, 1.165) is 10.7 Å². The van der Waals surface area contributed by atoms with E-state index < -0.39 is 0 Å². The summed E-state index contributed by atoms with van der Waals surface area (Å²) in [6, 6.07) is 1.83. The number of rotatable bonds is 6. The van der Waals surface area contributed by atoms with Gasteiger partial charge < -0.3 is 15.5 Å². The molecule has 0 saturated heterocycles. The van der Waals surface area contributed by atoms with Crippen LogP contribution < -0.4 is 11.1 Å². The topological polar surface area (TPSA) is 68.3 Å². The van der Waals surface area contributed by atoms with Gasteiger partial charge in [0.2, 0.25) is 5.91 Å². The first-order valence-corrected chi connectivity index (χ1v) is 6.21. The highest BCUT2D eigenvalue weighted by Crippen LogP contribution is 2.23. The molecule has 5 heteroatoms. The Kier molecular flexibility index (Phi) is 4.89. The zero-order valence-electron chi connectivity index (χ0n) is 9.82. The quantitative estimate of drug-likeness (QED) is 0.742. The van der Waals surface area contributed by atoms with E-state index in [9.17, 15) is 4.79 Å². The van der Waals surface area contributed by atoms with Crippen molar-refractivity contribution in [1.82, 2.24) is 5.32 Å². The number of furan rings is 1. The zero-order chi connectivity index (χ0) is 12.1. The number of aryl methyl sites for hydroxylation is 1. The number of carbonyl (C=O) groups is 1. The van der Waals surface area contributed by atoms with E-state index in [0.29, 0.717) is 5.75 Å². The molecule has 0 fully saturated rings. The molecule has 1 atom stereocenters. The highest BCUT2D eigenvalue weighted by molar-refractivity contribution is 7.99. The minimum absolute atomic E-state index is 0.239. The van der Waals surface area contributed by atoms with Crippen LogP contribution >= 0.6 is 11.8 Å². The Labute approximate surface area is 100.0 Å². The molecule has 0 spiro atoms. The summed E-state index contributed by atoms with van der Waals surface area (Å²) in [5.74, 6) is 1.17. The Hall–Kier alpha value is -0.940. The van der Waals surface area contributed by atoms with Crippen LogP contribution in [0, 0.1) is 6.92 Å². The van der Waals surface area contributed by atoms with Crippen molar-refractivity contribution < 1.29 is 9.21 Å². The van der Waals surface area contributed by atoms with Gasteiger partial charge in [-0.25, -0.2) is 0 Å². The first kappa shape index (κ1) is 13.1. The van der Waals surface area contributed by atoms with Crippen LogP contribution in [-0.4, -0.2) is 23.7 Å². The Morgan fingerprint density at radius 3 is 2.75 bits per heavy atom. The van der Waals surface area contributed by atoms with Gasteiger partial charge in [0.25, 0.3) is 0 Å². The molecule has 1 aromatic heterocycles. The molecule has 0 bridgehead atoms. The number of primary amides is 1. The molecular weight excluding hydrogens is 224 g/mol. The highest BCUT2D eigenvalue weighted by atomic mass is 32.2. The Morgan fingerprint density at radius 2 is 2.31 bits per heavy atom. The smallest absolute Gasteiger partial charge is 0.235 e. The second-order valence-corrected chi connectivity index (χ2v) is 4.99. The maximum Gasteiger partial charge on any atom is 0.235 e. The van der Waals surface area contributed by atoms with Crippen LogP contribution in [0.1, 0.15) is 19.6 Å². The van der Waals surface area contributed by atoms with Crippen LogP contribution in [0.15, 0.2) is 21.6 Å². The molecule has 3 N–H and O–H groups in total. The Balaban J connectivity index is 2.50. The van der Waals surface area contributed by atoms with Crippen molar-refractivity contribution in [3.63, 3.8) is 0 Å². The van der Waals surface area contributed by atoms with Gasteiger partial charge in [-0.1, -0.05) is 13.8 Å². The van der Waals surface area contributed by atoms with Gasteiger partial charge in [0.15, 0.2) is 0 Å². The number of hydrogen-bond acceptors (Lipinski definition) is 4. The third-order valence-electron chi connectivity index (χ3n) is 2.09. The molecule has 0 aromatic carbocycles. The van der Waals surface area contributed by atoms with E-state index in [2.05, 4.69) is 5.32 Å². The summed E-state index contributed by atoms with van der Waals surface area (Å²) in [4.78, 5) is 12.3. The molecule has 1 rings (SSSR count). The number of nitrogens with one attached hydrogen (secondary N) is 1. The third kappa shape index (κ3) is 3.90. The van der Waals surface area contributed by atoms with E-state index in [4.69, 9.17) is 10.2 Å². The molecule has 0 aliphatic heterocycles. The third-order valence-corrected chi connectivity index (χ3v) is 3.33. The predicted octanol–water partition coefficient (Wildman–Crippen LogP) is 1.53. The number of amides is 1. The molecular formula is C11H18N2O2S. The van der Waals surface area contributed by atoms with E-state index in [1.165, 1.54) is 0 Å². The van der Waals surface area contributed by atoms with Gasteiger partial charge in [0, 0.05) is 16.7 Å². The van der Waals surface area contributed by atoms with Crippen LogP contribution in [0.25, 0.3) is 0 Å². The number of hydrogen-bond donors (Lipinski definition) is 2. The van der Waals surface area contributed by atoms with Crippen molar-refractivity contribution in [2.24, 2.45) is 5.73 Å². The predicted molar refractivity (Wildman–Crippen MR) is 65.4 cm³/mol. The van der Waals surface area contributed by atoms with Crippen LogP contribution in [0.5, 0.6) is 0 Å². The van der Waals surface area contributed by atoms with Gasteiger partial charge in [-0.3, -0.25) is 4.79 Å². The summed E-state index contributed by atoms with van der Waals surface area (Å²) >= 11 is 1.58. The number of carbonyl (C=O) groups excluding carboxylic acids is 1. The van der Waals surface area contributed by atoms with Crippen molar-refractivity contribution in [2.45, 2.75) is 37.8 Å².